The van der Waals surface area contributed by atoms with E-state index in [0.717, 1.165) is 5.56 Å². The van der Waals surface area contributed by atoms with Crippen molar-refractivity contribution in [2.24, 2.45) is 5.41 Å². The molecule has 1 aliphatic carbocycles. The molecular weight excluding hydrogens is 533 g/mol. The minimum absolute atomic E-state index is 0.118. The van der Waals surface area contributed by atoms with Gasteiger partial charge in [-0.15, -0.1) is 0 Å². The lowest BCUT2D eigenvalue weighted by Gasteiger charge is -2.37. The number of Topliss-reactive ketones (excluding diaryl/α,β-unsaturated/α-hetero) is 3. The van der Waals surface area contributed by atoms with Crippen molar-refractivity contribution in [2.75, 3.05) is 19.1 Å². The summed E-state index contributed by atoms with van der Waals surface area (Å²) in [5.74, 6) is -2.16. The van der Waals surface area contributed by atoms with Crippen LogP contribution in [0.3, 0.4) is 0 Å². The Morgan fingerprint density at radius 2 is 1.50 bits per heavy atom. The topological polar surface area (TPSA) is 72.9 Å². The molecule has 7 heteroatoms. The van der Waals surface area contributed by atoms with Crippen LogP contribution in [0.2, 0.25) is 0 Å². The second-order valence-electron chi connectivity index (χ2n) is 10.7. The first-order chi connectivity index (χ1) is 20.4. The predicted molar refractivity (Wildman–Crippen MR) is 156 cm³/mol. The number of benzene rings is 4. The molecule has 0 amide bonds. The van der Waals surface area contributed by atoms with Crippen molar-refractivity contribution in [1.82, 2.24) is 0 Å². The Morgan fingerprint density at radius 3 is 2.19 bits per heavy atom. The number of rotatable bonds is 5. The summed E-state index contributed by atoms with van der Waals surface area (Å²) in [6, 6.07) is 23.2. The highest BCUT2D eigenvalue weighted by Crippen LogP contribution is 2.62. The zero-order valence-corrected chi connectivity index (χ0v) is 22.9. The van der Waals surface area contributed by atoms with Crippen LogP contribution in [0, 0.1) is 11.2 Å². The number of ketones is 3. The van der Waals surface area contributed by atoms with Crippen LogP contribution >= 0.6 is 0 Å². The molecular formula is C35H26FNO5. The Balaban J connectivity index is 1.60. The number of methoxy groups -OCH3 is 2. The normalized spacial score (nSPS) is 21.2. The Morgan fingerprint density at radius 1 is 0.833 bits per heavy atom. The molecule has 0 unspecified atom stereocenters. The first kappa shape index (κ1) is 25.9. The Hall–Kier alpha value is -5.04. The molecule has 0 bridgehead atoms. The molecule has 1 spiro atoms. The molecule has 0 N–H and O–H groups in total. The van der Waals surface area contributed by atoms with E-state index < -0.39 is 35.0 Å². The van der Waals surface area contributed by atoms with Crippen molar-refractivity contribution in [3.63, 3.8) is 0 Å². The summed E-state index contributed by atoms with van der Waals surface area (Å²) in [4.78, 5) is 46.1. The van der Waals surface area contributed by atoms with E-state index in [0.29, 0.717) is 33.9 Å². The Labute approximate surface area is 242 Å². The lowest BCUT2D eigenvalue weighted by molar-refractivity contribution is 0.0664. The van der Waals surface area contributed by atoms with E-state index in [4.69, 9.17) is 9.47 Å². The molecule has 1 saturated heterocycles. The smallest absolute Gasteiger partial charge is 0.188 e. The number of ether oxygens (including phenoxy) is 2. The summed E-state index contributed by atoms with van der Waals surface area (Å²) in [5.41, 5.74) is 0.720. The molecule has 7 rings (SSSR count). The molecule has 3 atom stereocenters. The van der Waals surface area contributed by atoms with Gasteiger partial charge in [-0.1, -0.05) is 66.7 Å². The Kier molecular flexibility index (Phi) is 5.87. The van der Waals surface area contributed by atoms with Crippen LogP contribution in [0.1, 0.15) is 48.1 Å². The number of hydrogen-bond donors (Lipinski definition) is 0. The van der Waals surface area contributed by atoms with Gasteiger partial charge in [0.2, 0.25) is 0 Å². The van der Waals surface area contributed by atoms with Crippen LogP contribution in [0.5, 0.6) is 11.5 Å². The SMILES string of the molecule is COc1ccc(OC)c([C@@H]2[C@H](C(=O)c3ccccc3F)N3c4ccccc4C=C[C@H]3C23C(=O)c2ccccc2C3=O)c1. The van der Waals surface area contributed by atoms with Crippen LogP contribution in [0.4, 0.5) is 10.1 Å². The van der Waals surface area contributed by atoms with E-state index in [1.54, 1.807) is 48.5 Å². The quantitative estimate of drug-likeness (QED) is 0.216. The molecule has 0 saturated carbocycles. The first-order valence-electron chi connectivity index (χ1n) is 13.7. The number of nitrogens with zero attached hydrogens (tertiary/aromatic N) is 1. The van der Waals surface area contributed by atoms with Gasteiger partial charge in [-0.25, -0.2) is 4.39 Å². The number of para-hydroxylation sites is 1. The molecule has 2 aliphatic heterocycles. The van der Waals surface area contributed by atoms with Crippen LogP contribution < -0.4 is 14.4 Å². The van der Waals surface area contributed by atoms with Gasteiger partial charge in [0.15, 0.2) is 17.3 Å². The maximum atomic E-state index is 15.3. The second-order valence-corrected chi connectivity index (χ2v) is 10.7. The van der Waals surface area contributed by atoms with Crippen molar-refractivity contribution in [1.29, 1.82) is 0 Å². The number of halogens is 1. The van der Waals surface area contributed by atoms with Crippen molar-refractivity contribution >= 4 is 29.1 Å². The number of anilines is 1. The van der Waals surface area contributed by atoms with E-state index >= 15 is 4.39 Å². The minimum atomic E-state index is -1.74. The molecule has 4 aromatic carbocycles. The van der Waals surface area contributed by atoms with Crippen molar-refractivity contribution in [2.45, 2.75) is 18.0 Å². The third-order valence-electron chi connectivity index (χ3n) is 8.89. The van der Waals surface area contributed by atoms with Gasteiger partial charge in [0.05, 0.1) is 25.8 Å². The van der Waals surface area contributed by atoms with Gasteiger partial charge >= 0.3 is 0 Å². The van der Waals surface area contributed by atoms with Gasteiger partial charge in [-0.2, -0.15) is 0 Å². The maximum absolute atomic E-state index is 15.3. The molecule has 2 heterocycles. The number of fused-ring (bicyclic) bond motifs is 5. The molecule has 0 radical (unpaired) electrons. The van der Waals surface area contributed by atoms with Gasteiger partial charge < -0.3 is 14.4 Å². The monoisotopic (exact) mass is 559 g/mol. The van der Waals surface area contributed by atoms with E-state index in [2.05, 4.69) is 0 Å². The zero-order chi connectivity index (χ0) is 29.2. The standard InChI is InChI=1S/C35H26FNO5/c1-41-21-16-17-28(42-2)25(19-21)30-31(32(38)24-12-6-7-13-26(24)36)37-27-14-8-3-9-20(27)15-18-29(37)35(30)33(39)22-10-4-5-11-23(22)34(35)40/h3-19,29-31H,1-2H3/t29-,30+,31+/m0/s1. The van der Waals surface area contributed by atoms with Crippen molar-refractivity contribution in [3.05, 3.63) is 131 Å². The van der Waals surface area contributed by atoms with Gasteiger partial charge in [-0.3, -0.25) is 14.4 Å². The molecule has 208 valence electrons. The summed E-state index contributed by atoms with van der Waals surface area (Å²) < 4.78 is 26.7. The fourth-order valence-electron chi connectivity index (χ4n) is 7.16. The number of hydrogen-bond acceptors (Lipinski definition) is 6. The maximum Gasteiger partial charge on any atom is 0.188 e. The van der Waals surface area contributed by atoms with E-state index in [-0.39, 0.29) is 17.1 Å². The third kappa shape index (κ3) is 3.33. The summed E-state index contributed by atoms with van der Waals surface area (Å²) in [7, 11) is 3.01. The summed E-state index contributed by atoms with van der Waals surface area (Å²) in [6.45, 7) is 0. The molecule has 0 aromatic heterocycles. The van der Waals surface area contributed by atoms with Gasteiger partial charge in [0.1, 0.15) is 28.8 Å². The summed E-state index contributed by atoms with van der Waals surface area (Å²) >= 11 is 0. The Bertz CT molecular complexity index is 1790. The van der Waals surface area contributed by atoms with Gasteiger partial charge in [0.25, 0.3) is 0 Å². The molecule has 1 fully saturated rings. The van der Waals surface area contributed by atoms with Crippen LogP contribution in [-0.2, 0) is 0 Å². The molecule has 6 nitrogen and oxygen atoms in total. The van der Waals surface area contributed by atoms with Gasteiger partial charge in [0, 0.05) is 28.3 Å². The predicted octanol–water partition coefficient (Wildman–Crippen LogP) is 6.16. The van der Waals surface area contributed by atoms with Crippen LogP contribution in [0.25, 0.3) is 6.08 Å². The highest BCUT2D eigenvalue weighted by atomic mass is 19.1. The average Bonchev–Trinajstić information content (AvgIpc) is 3.46. The van der Waals surface area contributed by atoms with Crippen LogP contribution in [-0.4, -0.2) is 43.7 Å². The number of carbonyl (C=O) groups excluding carboxylic acids is 3. The number of carbonyl (C=O) groups is 3. The lowest BCUT2D eigenvalue weighted by atomic mass is 9.64. The summed E-state index contributed by atoms with van der Waals surface area (Å²) in [6.07, 6.45) is 3.72. The van der Waals surface area contributed by atoms with E-state index in [1.807, 2.05) is 41.3 Å². The fourth-order valence-corrected chi connectivity index (χ4v) is 7.16. The summed E-state index contributed by atoms with van der Waals surface area (Å²) in [5, 5.41) is 0. The van der Waals surface area contributed by atoms with Gasteiger partial charge in [-0.05, 0) is 42.0 Å². The zero-order valence-electron chi connectivity index (χ0n) is 22.9. The average molecular weight is 560 g/mol. The van der Waals surface area contributed by atoms with E-state index in [9.17, 15) is 14.4 Å². The highest BCUT2D eigenvalue weighted by Gasteiger charge is 2.72. The van der Waals surface area contributed by atoms with Crippen LogP contribution in [0.15, 0.2) is 97.1 Å². The molecule has 3 aliphatic rings. The first-order valence-corrected chi connectivity index (χ1v) is 13.7. The van der Waals surface area contributed by atoms with Crippen molar-refractivity contribution in [3.8, 4) is 11.5 Å². The lowest BCUT2D eigenvalue weighted by Crippen LogP contribution is -2.48. The molecule has 42 heavy (non-hydrogen) atoms. The molecule has 4 aromatic rings. The highest BCUT2D eigenvalue weighted by molar-refractivity contribution is 6.32. The third-order valence-corrected chi connectivity index (χ3v) is 8.89. The van der Waals surface area contributed by atoms with Crippen molar-refractivity contribution < 1.29 is 28.2 Å². The fraction of sp³-hybridized carbons (Fsp3) is 0.171. The van der Waals surface area contributed by atoms with E-state index in [1.165, 1.54) is 32.4 Å². The largest absolute Gasteiger partial charge is 0.497 e. The minimum Gasteiger partial charge on any atom is -0.497 e. The second kappa shape index (κ2) is 9.52.